The monoisotopic (exact) mass is 380 g/mol. The summed E-state index contributed by atoms with van der Waals surface area (Å²) >= 11 is 0. The molecule has 148 valence electrons. The third-order valence-electron chi connectivity index (χ3n) is 5.69. The Morgan fingerprint density at radius 1 is 1.14 bits per heavy atom. The third-order valence-corrected chi connectivity index (χ3v) is 5.69. The molecule has 2 aromatic rings. The summed E-state index contributed by atoms with van der Waals surface area (Å²) in [6, 6.07) is 12.6. The van der Waals surface area contributed by atoms with Gasteiger partial charge >= 0.3 is 6.03 Å². The number of urea groups is 1. The van der Waals surface area contributed by atoms with Crippen molar-refractivity contribution in [2.24, 2.45) is 0 Å². The fourth-order valence-electron chi connectivity index (χ4n) is 4.21. The standard InChI is InChI=1S/C22H28N4O2/c1-24(2)21(27)26-13-9-22(10-14-26)17-25(15-18-7-11-23-12-8-18)16-19-5-3-4-6-20(19)28-22/h3-8,11-12H,9-10,13-17H2,1-2H3. The van der Waals surface area contributed by atoms with Crippen molar-refractivity contribution in [2.75, 3.05) is 33.7 Å². The molecule has 1 aromatic carbocycles. The molecule has 0 atom stereocenters. The van der Waals surface area contributed by atoms with Crippen LogP contribution in [0.2, 0.25) is 0 Å². The molecule has 6 nitrogen and oxygen atoms in total. The summed E-state index contributed by atoms with van der Waals surface area (Å²) in [7, 11) is 3.61. The van der Waals surface area contributed by atoms with Gasteiger partial charge in [0.15, 0.2) is 0 Å². The van der Waals surface area contributed by atoms with E-state index in [2.05, 4.69) is 40.2 Å². The van der Waals surface area contributed by atoms with Crippen LogP contribution in [0.15, 0.2) is 48.8 Å². The molecule has 3 heterocycles. The SMILES string of the molecule is CN(C)C(=O)N1CCC2(CC1)CN(Cc1ccncc1)Cc1ccccc1O2. The minimum Gasteiger partial charge on any atom is -0.485 e. The maximum atomic E-state index is 12.3. The lowest BCUT2D eigenvalue weighted by Gasteiger charge is -2.43. The number of amides is 2. The number of carbonyl (C=O) groups is 1. The van der Waals surface area contributed by atoms with Gasteiger partial charge in [-0.2, -0.15) is 0 Å². The number of likely N-dealkylation sites (tertiary alicyclic amines) is 1. The van der Waals surface area contributed by atoms with Gasteiger partial charge in [-0.05, 0) is 23.8 Å². The number of para-hydroxylation sites is 1. The van der Waals surface area contributed by atoms with Crippen LogP contribution in [0.5, 0.6) is 5.75 Å². The number of ether oxygens (including phenoxy) is 1. The number of piperidine rings is 1. The van der Waals surface area contributed by atoms with Gasteiger partial charge in [-0.25, -0.2) is 4.79 Å². The Labute approximate surface area is 166 Å². The summed E-state index contributed by atoms with van der Waals surface area (Å²) in [5.74, 6) is 0.979. The number of benzene rings is 1. The summed E-state index contributed by atoms with van der Waals surface area (Å²) in [5, 5.41) is 0. The van der Waals surface area contributed by atoms with Crippen LogP contribution in [0.25, 0.3) is 0 Å². The van der Waals surface area contributed by atoms with Crippen molar-refractivity contribution in [3.05, 3.63) is 59.9 Å². The fraction of sp³-hybridized carbons (Fsp3) is 0.455. The van der Waals surface area contributed by atoms with E-state index in [1.165, 1.54) is 11.1 Å². The molecule has 0 N–H and O–H groups in total. The number of pyridine rings is 1. The van der Waals surface area contributed by atoms with Crippen LogP contribution in [0.1, 0.15) is 24.0 Å². The van der Waals surface area contributed by atoms with Gasteiger partial charge in [0, 0.05) is 77.6 Å². The first kappa shape index (κ1) is 18.7. The molecule has 0 radical (unpaired) electrons. The Hall–Kier alpha value is -2.60. The molecule has 1 fully saturated rings. The Bertz CT molecular complexity index is 816. The highest BCUT2D eigenvalue weighted by Crippen LogP contribution is 2.36. The number of nitrogens with zero attached hydrogens (tertiary/aromatic N) is 4. The molecule has 2 amide bonds. The van der Waals surface area contributed by atoms with E-state index in [0.717, 1.165) is 51.3 Å². The average Bonchev–Trinajstić information content (AvgIpc) is 2.84. The second-order valence-electron chi connectivity index (χ2n) is 8.06. The van der Waals surface area contributed by atoms with Gasteiger partial charge < -0.3 is 14.5 Å². The Kier molecular flexibility index (Phi) is 5.22. The fourth-order valence-corrected chi connectivity index (χ4v) is 4.21. The van der Waals surface area contributed by atoms with Gasteiger partial charge in [0.25, 0.3) is 0 Å². The molecular formula is C22H28N4O2. The summed E-state index contributed by atoms with van der Waals surface area (Å²) in [5.41, 5.74) is 2.22. The number of rotatable bonds is 2. The lowest BCUT2D eigenvalue weighted by molar-refractivity contribution is -0.0134. The lowest BCUT2D eigenvalue weighted by Crippen LogP contribution is -2.55. The van der Waals surface area contributed by atoms with Gasteiger partial charge in [-0.15, -0.1) is 0 Å². The van der Waals surface area contributed by atoms with E-state index in [4.69, 9.17) is 4.74 Å². The summed E-state index contributed by atoms with van der Waals surface area (Å²) in [4.78, 5) is 22.5. The third kappa shape index (κ3) is 3.97. The van der Waals surface area contributed by atoms with Gasteiger partial charge in [0.1, 0.15) is 11.4 Å². The van der Waals surface area contributed by atoms with E-state index >= 15 is 0 Å². The molecule has 0 saturated carbocycles. The maximum absolute atomic E-state index is 12.3. The van der Waals surface area contributed by atoms with Crippen molar-refractivity contribution < 1.29 is 9.53 Å². The van der Waals surface area contributed by atoms with E-state index in [9.17, 15) is 4.79 Å². The van der Waals surface area contributed by atoms with Crippen LogP contribution in [-0.4, -0.2) is 65.0 Å². The zero-order chi connectivity index (χ0) is 19.6. The summed E-state index contributed by atoms with van der Waals surface area (Å²) < 4.78 is 6.64. The topological polar surface area (TPSA) is 48.9 Å². The maximum Gasteiger partial charge on any atom is 0.319 e. The van der Waals surface area contributed by atoms with Crippen molar-refractivity contribution in [3.63, 3.8) is 0 Å². The highest BCUT2D eigenvalue weighted by atomic mass is 16.5. The van der Waals surface area contributed by atoms with Gasteiger partial charge in [0.2, 0.25) is 0 Å². The Balaban J connectivity index is 1.56. The van der Waals surface area contributed by atoms with E-state index in [1.807, 2.05) is 37.5 Å². The van der Waals surface area contributed by atoms with Crippen molar-refractivity contribution >= 4 is 6.03 Å². The predicted octanol–water partition coefficient (Wildman–Crippen LogP) is 2.99. The number of carbonyl (C=O) groups excluding carboxylic acids is 1. The zero-order valence-corrected chi connectivity index (χ0v) is 16.7. The first-order chi connectivity index (χ1) is 13.5. The molecule has 1 saturated heterocycles. The van der Waals surface area contributed by atoms with E-state index in [1.54, 1.807) is 4.90 Å². The van der Waals surface area contributed by atoms with Gasteiger partial charge in [-0.1, -0.05) is 18.2 Å². The Morgan fingerprint density at radius 3 is 2.57 bits per heavy atom. The van der Waals surface area contributed by atoms with Crippen molar-refractivity contribution in [3.8, 4) is 5.75 Å². The largest absolute Gasteiger partial charge is 0.485 e. The molecule has 0 bridgehead atoms. The molecule has 2 aliphatic rings. The van der Waals surface area contributed by atoms with Gasteiger partial charge in [0.05, 0.1) is 0 Å². The van der Waals surface area contributed by atoms with Crippen LogP contribution < -0.4 is 4.74 Å². The number of aromatic nitrogens is 1. The van der Waals surface area contributed by atoms with Crippen LogP contribution in [0.3, 0.4) is 0 Å². The normalized spacial score (nSPS) is 18.9. The first-order valence-corrected chi connectivity index (χ1v) is 9.89. The highest BCUT2D eigenvalue weighted by molar-refractivity contribution is 5.73. The van der Waals surface area contributed by atoms with Crippen molar-refractivity contribution in [2.45, 2.75) is 31.5 Å². The molecule has 0 unspecified atom stereocenters. The van der Waals surface area contributed by atoms with Crippen LogP contribution in [-0.2, 0) is 13.1 Å². The molecule has 2 aliphatic heterocycles. The summed E-state index contributed by atoms with van der Waals surface area (Å²) in [6.07, 6.45) is 5.37. The van der Waals surface area contributed by atoms with E-state index in [0.29, 0.717) is 0 Å². The molecule has 1 spiro atoms. The van der Waals surface area contributed by atoms with Crippen LogP contribution >= 0.6 is 0 Å². The van der Waals surface area contributed by atoms with Crippen LogP contribution in [0.4, 0.5) is 4.79 Å². The first-order valence-electron chi connectivity index (χ1n) is 9.89. The number of fused-ring (bicyclic) bond motifs is 1. The summed E-state index contributed by atoms with van der Waals surface area (Å²) in [6.45, 7) is 4.03. The van der Waals surface area contributed by atoms with E-state index < -0.39 is 0 Å². The zero-order valence-electron chi connectivity index (χ0n) is 16.7. The van der Waals surface area contributed by atoms with E-state index in [-0.39, 0.29) is 11.6 Å². The van der Waals surface area contributed by atoms with Crippen molar-refractivity contribution in [1.82, 2.24) is 19.7 Å². The molecule has 4 rings (SSSR count). The minimum atomic E-state index is -0.261. The Morgan fingerprint density at radius 2 is 1.86 bits per heavy atom. The number of hydrogen-bond acceptors (Lipinski definition) is 4. The molecule has 6 heteroatoms. The second-order valence-corrected chi connectivity index (χ2v) is 8.06. The molecule has 28 heavy (non-hydrogen) atoms. The lowest BCUT2D eigenvalue weighted by atomic mass is 9.90. The van der Waals surface area contributed by atoms with Crippen LogP contribution in [0, 0.1) is 0 Å². The molecule has 0 aliphatic carbocycles. The smallest absolute Gasteiger partial charge is 0.319 e. The predicted molar refractivity (Wildman–Crippen MR) is 108 cm³/mol. The van der Waals surface area contributed by atoms with Gasteiger partial charge in [-0.3, -0.25) is 9.88 Å². The quantitative estimate of drug-likeness (QED) is 0.804. The van der Waals surface area contributed by atoms with Crippen molar-refractivity contribution in [1.29, 1.82) is 0 Å². The minimum absolute atomic E-state index is 0.0810. The second kappa shape index (κ2) is 7.80. The highest BCUT2D eigenvalue weighted by Gasteiger charge is 2.41. The molecular weight excluding hydrogens is 352 g/mol. The average molecular weight is 380 g/mol. The number of hydrogen-bond donors (Lipinski definition) is 0. The molecule has 1 aromatic heterocycles.